The molecule has 2 rings (SSSR count). The number of benzene rings is 1. The molecule has 1 heterocycles. The number of alkyl carbamates (subject to hydrolysis) is 1. The lowest BCUT2D eigenvalue weighted by molar-refractivity contribution is -0.116. The minimum absolute atomic E-state index is 0.124. The van der Waals surface area contributed by atoms with Gasteiger partial charge in [-0.05, 0) is 49.9 Å². The lowest BCUT2D eigenvalue weighted by atomic mass is 10.2. The molecule has 2 aromatic rings. The molecule has 1 aromatic heterocycles. The molecule has 0 radical (unpaired) electrons. The fourth-order valence-corrected chi connectivity index (χ4v) is 2.89. The monoisotopic (exact) mass is 403 g/mol. The summed E-state index contributed by atoms with van der Waals surface area (Å²) in [5, 5.41) is 10.0. The van der Waals surface area contributed by atoms with E-state index in [4.69, 9.17) is 4.74 Å². The van der Waals surface area contributed by atoms with Gasteiger partial charge in [0, 0.05) is 25.2 Å². The fraction of sp³-hybridized carbons (Fsp3) is 0.350. The van der Waals surface area contributed by atoms with Gasteiger partial charge in [-0.25, -0.2) is 4.79 Å². The Morgan fingerprint density at radius 1 is 1.07 bits per heavy atom. The largest absolute Gasteiger partial charge is 0.444 e. The maximum atomic E-state index is 12.0. The van der Waals surface area contributed by atoms with Gasteiger partial charge in [0.25, 0.3) is 5.91 Å². The topological polar surface area (TPSA) is 96.5 Å². The third kappa shape index (κ3) is 7.79. The molecule has 0 aliphatic heterocycles. The molecule has 150 valence electrons. The summed E-state index contributed by atoms with van der Waals surface area (Å²) in [6, 6.07) is 10.8. The van der Waals surface area contributed by atoms with Crippen molar-refractivity contribution < 1.29 is 19.1 Å². The van der Waals surface area contributed by atoms with Crippen LogP contribution in [-0.2, 0) is 16.1 Å². The van der Waals surface area contributed by atoms with Crippen molar-refractivity contribution in [2.24, 2.45) is 0 Å². The highest BCUT2D eigenvalue weighted by atomic mass is 32.1. The second-order valence-electron chi connectivity index (χ2n) is 7.09. The molecule has 0 spiro atoms. The summed E-state index contributed by atoms with van der Waals surface area (Å²) in [6.07, 6.45) is -0.428. The van der Waals surface area contributed by atoms with Gasteiger partial charge in [0.05, 0.1) is 4.88 Å². The molecule has 0 bridgehead atoms. The second-order valence-corrected chi connectivity index (χ2v) is 8.03. The highest BCUT2D eigenvalue weighted by Crippen LogP contribution is 2.12. The van der Waals surface area contributed by atoms with Gasteiger partial charge in [0.15, 0.2) is 0 Å². The average Bonchev–Trinajstić information content (AvgIpc) is 3.13. The van der Waals surface area contributed by atoms with E-state index in [-0.39, 0.29) is 24.8 Å². The molecule has 0 saturated heterocycles. The first kappa shape index (κ1) is 21.4. The highest BCUT2D eigenvalue weighted by Gasteiger charge is 2.16. The van der Waals surface area contributed by atoms with Gasteiger partial charge in [-0.1, -0.05) is 18.2 Å². The summed E-state index contributed by atoms with van der Waals surface area (Å²) in [5.74, 6) is -0.353. The molecule has 28 heavy (non-hydrogen) atoms. The van der Waals surface area contributed by atoms with Crippen molar-refractivity contribution in [1.82, 2.24) is 10.6 Å². The Hall–Kier alpha value is -2.87. The zero-order chi connectivity index (χ0) is 20.6. The molecule has 0 saturated carbocycles. The van der Waals surface area contributed by atoms with Crippen LogP contribution in [0.2, 0.25) is 0 Å². The number of thiophene rings is 1. The van der Waals surface area contributed by atoms with E-state index < -0.39 is 11.7 Å². The molecule has 0 aliphatic rings. The molecule has 1 aromatic carbocycles. The summed E-state index contributed by atoms with van der Waals surface area (Å²) in [7, 11) is 0. The smallest absolute Gasteiger partial charge is 0.407 e. The van der Waals surface area contributed by atoms with E-state index in [0.717, 1.165) is 5.56 Å². The molecule has 3 amide bonds. The Balaban J connectivity index is 1.76. The van der Waals surface area contributed by atoms with Crippen LogP contribution in [0.15, 0.2) is 41.8 Å². The molecular weight excluding hydrogens is 378 g/mol. The van der Waals surface area contributed by atoms with Crippen LogP contribution in [0.3, 0.4) is 0 Å². The van der Waals surface area contributed by atoms with Crippen LogP contribution in [0.4, 0.5) is 10.5 Å². The normalized spacial score (nSPS) is 10.8. The quantitative estimate of drug-likeness (QED) is 0.659. The predicted octanol–water partition coefficient (Wildman–Crippen LogP) is 3.53. The number of nitrogens with one attached hydrogen (secondary N) is 3. The zero-order valence-electron chi connectivity index (χ0n) is 16.2. The van der Waals surface area contributed by atoms with Gasteiger partial charge in [-0.15, -0.1) is 11.3 Å². The Morgan fingerprint density at radius 3 is 2.54 bits per heavy atom. The number of anilines is 1. The highest BCUT2D eigenvalue weighted by molar-refractivity contribution is 7.12. The van der Waals surface area contributed by atoms with E-state index in [9.17, 15) is 14.4 Å². The standard InChI is InChI=1S/C20H25N3O4S/c1-20(2,3)27-19(26)21-10-9-17(24)23-15-7-4-6-14(12-15)13-22-18(25)16-8-5-11-28-16/h4-8,11-12H,9-10,13H2,1-3H3,(H,21,26)(H,22,25)(H,23,24). The third-order valence-electron chi connectivity index (χ3n) is 3.43. The van der Waals surface area contributed by atoms with Gasteiger partial charge in [0.2, 0.25) is 5.91 Å². The number of amides is 3. The van der Waals surface area contributed by atoms with E-state index in [1.807, 2.05) is 17.5 Å². The Bertz CT molecular complexity index is 813. The second kappa shape index (κ2) is 9.89. The minimum Gasteiger partial charge on any atom is -0.444 e. The van der Waals surface area contributed by atoms with Crippen molar-refractivity contribution in [3.05, 3.63) is 52.2 Å². The van der Waals surface area contributed by atoms with E-state index in [2.05, 4.69) is 16.0 Å². The van der Waals surface area contributed by atoms with Crippen LogP contribution in [0.1, 0.15) is 42.4 Å². The summed E-state index contributed by atoms with van der Waals surface area (Å²) in [5.41, 5.74) is 0.922. The number of rotatable bonds is 7. The molecule has 0 fully saturated rings. The van der Waals surface area contributed by atoms with Crippen molar-refractivity contribution >= 4 is 34.9 Å². The average molecular weight is 404 g/mol. The molecule has 3 N–H and O–H groups in total. The first-order chi connectivity index (χ1) is 13.2. The fourth-order valence-electron chi connectivity index (χ4n) is 2.25. The minimum atomic E-state index is -0.578. The summed E-state index contributed by atoms with van der Waals surface area (Å²) in [4.78, 5) is 36.2. The molecule has 7 nitrogen and oxygen atoms in total. The van der Waals surface area contributed by atoms with E-state index >= 15 is 0 Å². The van der Waals surface area contributed by atoms with Crippen molar-refractivity contribution in [2.45, 2.75) is 39.3 Å². The summed E-state index contributed by atoms with van der Waals surface area (Å²) >= 11 is 1.38. The predicted molar refractivity (Wildman–Crippen MR) is 109 cm³/mol. The lowest BCUT2D eigenvalue weighted by Crippen LogP contribution is -2.34. The van der Waals surface area contributed by atoms with Crippen LogP contribution in [-0.4, -0.2) is 30.1 Å². The van der Waals surface area contributed by atoms with Crippen molar-refractivity contribution in [3.63, 3.8) is 0 Å². The van der Waals surface area contributed by atoms with Gasteiger partial charge in [-0.2, -0.15) is 0 Å². The molecule has 0 unspecified atom stereocenters. The SMILES string of the molecule is CC(C)(C)OC(=O)NCCC(=O)Nc1cccc(CNC(=O)c2cccs2)c1. The number of hydrogen-bond donors (Lipinski definition) is 3. The number of ether oxygens (including phenoxy) is 1. The number of carbonyl (C=O) groups is 3. The van der Waals surface area contributed by atoms with Crippen LogP contribution >= 0.6 is 11.3 Å². The maximum absolute atomic E-state index is 12.0. The first-order valence-corrected chi connectivity index (χ1v) is 9.78. The van der Waals surface area contributed by atoms with Gasteiger partial charge in [0.1, 0.15) is 5.60 Å². The maximum Gasteiger partial charge on any atom is 0.407 e. The summed E-state index contributed by atoms with van der Waals surface area (Å²) < 4.78 is 5.11. The third-order valence-corrected chi connectivity index (χ3v) is 4.30. The van der Waals surface area contributed by atoms with E-state index in [1.165, 1.54) is 11.3 Å². The van der Waals surface area contributed by atoms with Gasteiger partial charge >= 0.3 is 6.09 Å². The molecule has 0 aliphatic carbocycles. The van der Waals surface area contributed by atoms with Gasteiger partial charge < -0.3 is 20.7 Å². The Morgan fingerprint density at radius 2 is 1.86 bits per heavy atom. The van der Waals surface area contributed by atoms with Crippen molar-refractivity contribution in [2.75, 3.05) is 11.9 Å². The van der Waals surface area contributed by atoms with E-state index in [0.29, 0.717) is 17.1 Å². The Kier molecular flexibility index (Phi) is 7.57. The van der Waals surface area contributed by atoms with Crippen molar-refractivity contribution in [3.8, 4) is 0 Å². The number of carbonyl (C=O) groups excluding carboxylic acids is 3. The summed E-state index contributed by atoms with van der Waals surface area (Å²) in [6.45, 7) is 5.86. The van der Waals surface area contributed by atoms with Crippen LogP contribution in [0.25, 0.3) is 0 Å². The zero-order valence-corrected chi connectivity index (χ0v) is 17.0. The lowest BCUT2D eigenvalue weighted by Gasteiger charge is -2.19. The van der Waals surface area contributed by atoms with Crippen LogP contribution < -0.4 is 16.0 Å². The van der Waals surface area contributed by atoms with E-state index in [1.54, 1.807) is 45.0 Å². The Labute approximate surface area is 168 Å². The molecule has 8 heteroatoms. The first-order valence-electron chi connectivity index (χ1n) is 8.90. The molecule has 0 atom stereocenters. The van der Waals surface area contributed by atoms with Crippen molar-refractivity contribution in [1.29, 1.82) is 0 Å². The van der Waals surface area contributed by atoms with Crippen LogP contribution in [0, 0.1) is 0 Å². The molecular formula is C20H25N3O4S. The number of hydrogen-bond acceptors (Lipinski definition) is 5. The van der Waals surface area contributed by atoms with Crippen LogP contribution in [0.5, 0.6) is 0 Å². The van der Waals surface area contributed by atoms with Gasteiger partial charge in [-0.3, -0.25) is 9.59 Å².